The summed E-state index contributed by atoms with van der Waals surface area (Å²) in [5.41, 5.74) is 2.49. The topological polar surface area (TPSA) is 25.2 Å². The van der Waals surface area contributed by atoms with Gasteiger partial charge in [-0.15, -0.1) is 0 Å². The molecule has 0 aliphatic carbocycles. The first-order valence-corrected chi connectivity index (χ1v) is 6.40. The Morgan fingerprint density at radius 3 is 2.94 bits per heavy atom. The van der Waals surface area contributed by atoms with E-state index in [1.807, 2.05) is 6.07 Å². The zero-order valence-electron chi connectivity index (χ0n) is 10.5. The van der Waals surface area contributed by atoms with Gasteiger partial charge in [0.2, 0.25) is 0 Å². The van der Waals surface area contributed by atoms with E-state index in [0.29, 0.717) is 6.04 Å². The fraction of sp³-hybridized carbons (Fsp3) is 0.467. The molecule has 3 rings (SSSR count). The van der Waals surface area contributed by atoms with Gasteiger partial charge in [-0.25, -0.2) is 0 Å². The van der Waals surface area contributed by atoms with Crippen molar-refractivity contribution in [2.45, 2.75) is 38.1 Å². The molecule has 17 heavy (non-hydrogen) atoms. The molecule has 1 aliphatic heterocycles. The number of benzene rings is 1. The Labute approximate surface area is 102 Å². The van der Waals surface area contributed by atoms with Crippen molar-refractivity contribution in [2.24, 2.45) is 0 Å². The summed E-state index contributed by atoms with van der Waals surface area (Å²) < 4.78 is 5.67. The minimum absolute atomic E-state index is 0.119. The van der Waals surface area contributed by atoms with Crippen molar-refractivity contribution in [1.82, 2.24) is 5.32 Å². The molecule has 2 heteroatoms. The molecule has 1 saturated heterocycles. The molecule has 2 nitrogen and oxygen atoms in total. The molecule has 2 heterocycles. The van der Waals surface area contributed by atoms with Gasteiger partial charge >= 0.3 is 0 Å². The molecule has 2 aromatic rings. The number of hydrogen-bond donors (Lipinski definition) is 1. The highest BCUT2D eigenvalue weighted by Gasteiger charge is 2.34. The Hall–Kier alpha value is -1.28. The molecule has 1 unspecified atom stereocenters. The molecule has 1 aromatic carbocycles. The van der Waals surface area contributed by atoms with Crippen molar-refractivity contribution in [1.29, 1.82) is 0 Å². The molecule has 1 atom stereocenters. The summed E-state index contributed by atoms with van der Waals surface area (Å²) in [7, 11) is 0. The van der Waals surface area contributed by atoms with E-state index < -0.39 is 0 Å². The third-order valence-corrected chi connectivity index (χ3v) is 4.10. The lowest BCUT2D eigenvalue weighted by Gasteiger charge is -2.32. The van der Waals surface area contributed by atoms with Crippen molar-refractivity contribution in [3.63, 3.8) is 0 Å². The van der Waals surface area contributed by atoms with Crippen LogP contribution in [0.2, 0.25) is 0 Å². The van der Waals surface area contributed by atoms with Crippen LogP contribution in [0, 0.1) is 0 Å². The van der Waals surface area contributed by atoms with Gasteiger partial charge in [0.1, 0.15) is 5.58 Å². The minimum atomic E-state index is 0.119. The summed E-state index contributed by atoms with van der Waals surface area (Å²) >= 11 is 0. The third-order valence-electron chi connectivity index (χ3n) is 4.10. The molecule has 0 spiro atoms. The third kappa shape index (κ3) is 1.67. The molecular formula is C15H19NO. The number of rotatable bonds is 2. The largest absolute Gasteiger partial charge is 0.464 e. The van der Waals surface area contributed by atoms with Gasteiger partial charge in [0, 0.05) is 22.4 Å². The highest BCUT2D eigenvalue weighted by molar-refractivity contribution is 5.81. The second-order valence-electron chi connectivity index (χ2n) is 5.52. The van der Waals surface area contributed by atoms with Crippen LogP contribution < -0.4 is 5.32 Å². The molecule has 0 radical (unpaired) electrons. The van der Waals surface area contributed by atoms with E-state index in [1.54, 1.807) is 6.26 Å². The molecule has 0 bridgehead atoms. The average molecular weight is 229 g/mol. The van der Waals surface area contributed by atoms with Crippen LogP contribution in [0.4, 0.5) is 0 Å². The Bertz CT molecular complexity index is 520. The average Bonchev–Trinajstić information content (AvgIpc) is 2.99. The first-order valence-electron chi connectivity index (χ1n) is 6.40. The fourth-order valence-corrected chi connectivity index (χ4v) is 2.99. The zero-order valence-corrected chi connectivity index (χ0v) is 10.5. The second-order valence-corrected chi connectivity index (χ2v) is 5.52. The lowest BCUT2D eigenvalue weighted by Crippen LogP contribution is -2.40. The maximum absolute atomic E-state index is 5.67. The van der Waals surface area contributed by atoms with Gasteiger partial charge < -0.3 is 9.73 Å². The summed E-state index contributed by atoms with van der Waals surface area (Å²) in [5.74, 6) is 0. The van der Waals surface area contributed by atoms with Crippen LogP contribution in [0.5, 0.6) is 0 Å². The smallest absolute Gasteiger partial charge is 0.137 e. The standard InChI is InChI=1S/C15H19NO/c1-15(2,13-7-4-9-16-13)12-6-3-5-11-8-10-17-14(11)12/h3,5-6,8,10,13,16H,4,7,9H2,1-2H3. The monoisotopic (exact) mass is 229 g/mol. The van der Waals surface area contributed by atoms with E-state index in [1.165, 1.54) is 23.8 Å². The summed E-state index contributed by atoms with van der Waals surface area (Å²) in [6.45, 7) is 5.77. The maximum atomic E-state index is 5.67. The normalized spacial score (nSPS) is 21.2. The van der Waals surface area contributed by atoms with Crippen LogP contribution in [0.25, 0.3) is 11.0 Å². The van der Waals surface area contributed by atoms with E-state index in [9.17, 15) is 0 Å². The number of para-hydroxylation sites is 1. The van der Waals surface area contributed by atoms with E-state index in [4.69, 9.17) is 4.42 Å². The molecule has 1 fully saturated rings. The molecule has 1 N–H and O–H groups in total. The van der Waals surface area contributed by atoms with E-state index >= 15 is 0 Å². The van der Waals surface area contributed by atoms with E-state index in [2.05, 4.69) is 37.4 Å². The Morgan fingerprint density at radius 1 is 1.29 bits per heavy atom. The predicted molar refractivity (Wildman–Crippen MR) is 70.3 cm³/mol. The summed E-state index contributed by atoms with van der Waals surface area (Å²) in [4.78, 5) is 0. The van der Waals surface area contributed by atoms with Crippen LogP contribution in [0.1, 0.15) is 32.3 Å². The maximum Gasteiger partial charge on any atom is 0.137 e. The zero-order chi connectivity index (χ0) is 11.9. The molecule has 0 saturated carbocycles. The van der Waals surface area contributed by atoms with Crippen LogP contribution in [-0.4, -0.2) is 12.6 Å². The Balaban J connectivity index is 2.10. The van der Waals surface area contributed by atoms with Crippen LogP contribution in [0.15, 0.2) is 34.9 Å². The molecule has 0 amide bonds. The van der Waals surface area contributed by atoms with Crippen LogP contribution in [0.3, 0.4) is 0 Å². The number of fused-ring (bicyclic) bond motifs is 1. The lowest BCUT2D eigenvalue weighted by atomic mass is 9.76. The summed E-state index contributed by atoms with van der Waals surface area (Å²) in [5, 5.41) is 4.81. The van der Waals surface area contributed by atoms with Crippen molar-refractivity contribution < 1.29 is 4.42 Å². The molecule has 1 aliphatic rings. The van der Waals surface area contributed by atoms with Gasteiger partial charge in [-0.3, -0.25) is 0 Å². The summed E-state index contributed by atoms with van der Waals surface area (Å²) in [6, 6.07) is 9.03. The molecular weight excluding hydrogens is 210 g/mol. The van der Waals surface area contributed by atoms with E-state index in [0.717, 1.165) is 12.1 Å². The minimum Gasteiger partial charge on any atom is -0.464 e. The number of nitrogens with one attached hydrogen (secondary N) is 1. The first kappa shape index (κ1) is 10.8. The van der Waals surface area contributed by atoms with E-state index in [-0.39, 0.29) is 5.41 Å². The van der Waals surface area contributed by atoms with Gasteiger partial charge in [0.05, 0.1) is 6.26 Å². The first-order chi connectivity index (χ1) is 8.19. The van der Waals surface area contributed by atoms with Crippen LogP contribution in [-0.2, 0) is 5.41 Å². The quantitative estimate of drug-likeness (QED) is 0.853. The van der Waals surface area contributed by atoms with Crippen molar-refractivity contribution in [3.8, 4) is 0 Å². The number of furan rings is 1. The SMILES string of the molecule is CC(C)(c1cccc2ccoc12)C1CCCN1. The van der Waals surface area contributed by atoms with Crippen molar-refractivity contribution in [2.75, 3.05) is 6.54 Å². The van der Waals surface area contributed by atoms with Gasteiger partial charge in [0.15, 0.2) is 0 Å². The van der Waals surface area contributed by atoms with Crippen molar-refractivity contribution >= 4 is 11.0 Å². The van der Waals surface area contributed by atoms with Gasteiger partial charge in [0.25, 0.3) is 0 Å². The highest BCUT2D eigenvalue weighted by atomic mass is 16.3. The highest BCUT2D eigenvalue weighted by Crippen LogP contribution is 2.36. The lowest BCUT2D eigenvalue weighted by molar-refractivity contribution is 0.375. The molecule has 90 valence electrons. The van der Waals surface area contributed by atoms with Gasteiger partial charge in [-0.05, 0) is 25.5 Å². The summed E-state index contributed by atoms with van der Waals surface area (Å²) in [6.07, 6.45) is 4.32. The Kier molecular flexibility index (Phi) is 2.48. The van der Waals surface area contributed by atoms with Gasteiger partial charge in [-0.2, -0.15) is 0 Å². The Morgan fingerprint density at radius 2 is 2.18 bits per heavy atom. The van der Waals surface area contributed by atoms with Crippen molar-refractivity contribution in [3.05, 3.63) is 36.1 Å². The second kappa shape index (κ2) is 3.88. The van der Waals surface area contributed by atoms with Gasteiger partial charge in [-0.1, -0.05) is 32.0 Å². The number of hydrogen-bond acceptors (Lipinski definition) is 2. The molecule has 1 aromatic heterocycles. The fourth-order valence-electron chi connectivity index (χ4n) is 2.99. The van der Waals surface area contributed by atoms with Crippen LogP contribution >= 0.6 is 0 Å². The predicted octanol–water partition coefficient (Wildman–Crippen LogP) is 3.46.